The molecule has 2 atom stereocenters. The monoisotopic (exact) mass is 231 g/mol. The number of aliphatic hydroxyl groups excluding tert-OH is 1. The van der Waals surface area contributed by atoms with Gasteiger partial charge in [-0.3, -0.25) is 4.79 Å². The third kappa shape index (κ3) is 1.84. The molecule has 2 aliphatic rings. The molecule has 0 aromatic heterocycles. The molecule has 3 heteroatoms. The van der Waals surface area contributed by atoms with Crippen LogP contribution in [0.1, 0.15) is 31.2 Å². The minimum Gasteiger partial charge on any atom is -0.392 e. The molecule has 0 amide bonds. The van der Waals surface area contributed by atoms with E-state index >= 15 is 0 Å². The number of rotatable bonds is 2. The fourth-order valence-corrected chi connectivity index (χ4v) is 3.17. The predicted octanol–water partition coefficient (Wildman–Crippen LogP) is 1.88. The molecule has 90 valence electrons. The lowest BCUT2D eigenvalue weighted by molar-refractivity contribution is -0.120. The van der Waals surface area contributed by atoms with E-state index in [4.69, 9.17) is 5.11 Å². The van der Waals surface area contributed by atoms with Gasteiger partial charge in [-0.15, -0.1) is 0 Å². The SMILES string of the molecule is O=C1CC2CCC(C1)N2c1ccc(CO)cc1. The highest BCUT2D eigenvalue weighted by atomic mass is 16.3. The highest BCUT2D eigenvalue weighted by molar-refractivity contribution is 5.83. The molecular weight excluding hydrogens is 214 g/mol. The van der Waals surface area contributed by atoms with Crippen LogP contribution in [-0.2, 0) is 11.4 Å². The topological polar surface area (TPSA) is 40.5 Å². The Morgan fingerprint density at radius 2 is 1.71 bits per heavy atom. The zero-order valence-corrected chi connectivity index (χ0v) is 9.80. The molecule has 1 aromatic carbocycles. The van der Waals surface area contributed by atoms with Crippen molar-refractivity contribution in [2.24, 2.45) is 0 Å². The Morgan fingerprint density at radius 1 is 1.12 bits per heavy atom. The summed E-state index contributed by atoms with van der Waals surface area (Å²) in [6, 6.07) is 8.86. The predicted molar refractivity (Wildman–Crippen MR) is 65.9 cm³/mol. The first-order valence-electron chi connectivity index (χ1n) is 6.28. The van der Waals surface area contributed by atoms with E-state index in [1.54, 1.807) is 0 Å². The van der Waals surface area contributed by atoms with Crippen molar-refractivity contribution in [1.82, 2.24) is 0 Å². The Bertz CT molecular complexity index is 410. The number of ketones is 1. The average Bonchev–Trinajstić information content (AvgIpc) is 2.62. The van der Waals surface area contributed by atoms with Crippen LogP contribution < -0.4 is 4.90 Å². The first kappa shape index (κ1) is 10.8. The molecule has 1 N–H and O–H groups in total. The van der Waals surface area contributed by atoms with Crippen LogP contribution in [0.25, 0.3) is 0 Å². The summed E-state index contributed by atoms with van der Waals surface area (Å²) in [7, 11) is 0. The van der Waals surface area contributed by atoms with E-state index in [1.807, 2.05) is 12.1 Å². The lowest BCUT2D eigenvalue weighted by Crippen LogP contribution is -2.43. The zero-order valence-electron chi connectivity index (χ0n) is 9.80. The quantitative estimate of drug-likeness (QED) is 0.844. The summed E-state index contributed by atoms with van der Waals surface area (Å²) in [6.07, 6.45) is 3.69. The fraction of sp³-hybridized carbons (Fsp3) is 0.500. The van der Waals surface area contributed by atoms with Gasteiger partial charge in [-0.1, -0.05) is 12.1 Å². The van der Waals surface area contributed by atoms with Gasteiger partial charge in [-0.05, 0) is 30.5 Å². The van der Waals surface area contributed by atoms with Crippen LogP contribution in [0.5, 0.6) is 0 Å². The maximum absolute atomic E-state index is 11.5. The Labute approximate surface area is 101 Å². The summed E-state index contributed by atoms with van der Waals surface area (Å²) in [4.78, 5) is 13.9. The second-order valence-electron chi connectivity index (χ2n) is 5.06. The number of benzene rings is 1. The summed E-state index contributed by atoms with van der Waals surface area (Å²) in [6.45, 7) is 0.0889. The van der Waals surface area contributed by atoms with E-state index in [1.165, 1.54) is 5.69 Å². The largest absolute Gasteiger partial charge is 0.392 e. The van der Waals surface area contributed by atoms with Gasteiger partial charge in [0.05, 0.1) is 6.61 Å². The van der Waals surface area contributed by atoms with Crippen LogP contribution in [0.2, 0.25) is 0 Å². The molecular formula is C14H17NO2. The highest BCUT2D eigenvalue weighted by Crippen LogP contribution is 2.37. The van der Waals surface area contributed by atoms with Crippen molar-refractivity contribution >= 4 is 11.5 Å². The van der Waals surface area contributed by atoms with Crippen molar-refractivity contribution in [2.75, 3.05) is 4.90 Å². The van der Waals surface area contributed by atoms with Crippen molar-refractivity contribution < 1.29 is 9.90 Å². The smallest absolute Gasteiger partial charge is 0.137 e. The summed E-state index contributed by atoms with van der Waals surface area (Å²) >= 11 is 0. The molecule has 17 heavy (non-hydrogen) atoms. The highest BCUT2D eigenvalue weighted by Gasteiger charge is 2.39. The number of piperidine rings is 1. The van der Waals surface area contributed by atoms with E-state index < -0.39 is 0 Å². The van der Waals surface area contributed by atoms with Crippen molar-refractivity contribution in [2.45, 2.75) is 44.4 Å². The molecule has 2 saturated heterocycles. The van der Waals surface area contributed by atoms with Crippen molar-refractivity contribution in [1.29, 1.82) is 0 Å². The number of hydrogen-bond acceptors (Lipinski definition) is 3. The first-order valence-corrected chi connectivity index (χ1v) is 6.28. The lowest BCUT2D eigenvalue weighted by Gasteiger charge is -2.36. The number of carbonyl (C=O) groups is 1. The molecule has 2 heterocycles. The van der Waals surface area contributed by atoms with Crippen LogP contribution in [0.4, 0.5) is 5.69 Å². The second-order valence-corrected chi connectivity index (χ2v) is 5.06. The van der Waals surface area contributed by atoms with Crippen LogP contribution in [0, 0.1) is 0 Å². The van der Waals surface area contributed by atoms with Crippen molar-refractivity contribution in [3.8, 4) is 0 Å². The third-order valence-electron chi connectivity index (χ3n) is 3.96. The van der Waals surface area contributed by atoms with Crippen LogP contribution in [0.3, 0.4) is 0 Å². The molecule has 2 unspecified atom stereocenters. The number of fused-ring (bicyclic) bond motifs is 2. The van der Waals surface area contributed by atoms with Gasteiger partial charge in [0.1, 0.15) is 5.78 Å². The third-order valence-corrected chi connectivity index (χ3v) is 3.96. The minimum absolute atomic E-state index is 0.0889. The number of aliphatic hydroxyl groups is 1. The molecule has 2 bridgehead atoms. The molecule has 3 rings (SSSR count). The van der Waals surface area contributed by atoms with Crippen molar-refractivity contribution in [3.63, 3.8) is 0 Å². The molecule has 0 spiro atoms. The van der Waals surface area contributed by atoms with E-state index in [9.17, 15) is 4.79 Å². The van der Waals surface area contributed by atoms with E-state index in [0.717, 1.165) is 18.4 Å². The lowest BCUT2D eigenvalue weighted by atomic mass is 10.0. The number of carbonyl (C=O) groups excluding carboxylic acids is 1. The van der Waals surface area contributed by atoms with Gasteiger partial charge in [-0.2, -0.15) is 0 Å². The molecule has 0 radical (unpaired) electrons. The Hall–Kier alpha value is -1.35. The summed E-state index contributed by atoms with van der Waals surface area (Å²) in [5, 5.41) is 9.03. The van der Waals surface area contributed by atoms with Gasteiger partial charge in [-0.25, -0.2) is 0 Å². The van der Waals surface area contributed by atoms with E-state index in [2.05, 4.69) is 17.0 Å². The Kier molecular flexibility index (Phi) is 2.63. The fourth-order valence-electron chi connectivity index (χ4n) is 3.17. The average molecular weight is 231 g/mol. The first-order chi connectivity index (χ1) is 8.28. The zero-order chi connectivity index (χ0) is 11.8. The maximum atomic E-state index is 11.5. The molecule has 2 fully saturated rings. The summed E-state index contributed by atoms with van der Waals surface area (Å²) < 4.78 is 0. The van der Waals surface area contributed by atoms with Gasteiger partial charge < -0.3 is 10.0 Å². The van der Waals surface area contributed by atoms with Crippen LogP contribution >= 0.6 is 0 Å². The van der Waals surface area contributed by atoms with E-state index in [0.29, 0.717) is 30.7 Å². The van der Waals surface area contributed by atoms with Gasteiger partial charge in [0.25, 0.3) is 0 Å². The number of anilines is 1. The van der Waals surface area contributed by atoms with Gasteiger partial charge in [0.15, 0.2) is 0 Å². The summed E-state index contributed by atoms with van der Waals surface area (Å²) in [5.41, 5.74) is 2.14. The summed E-state index contributed by atoms with van der Waals surface area (Å²) in [5.74, 6) is 0.417. The van der Waals surface area contributed by atoms with Gasteiger partial charge in [0, 0.05) is 30.6 Å². The number of hydrogen-bond donors (Lipinski definition) is 1. The normalized spacial score (nSPS) is 27.6. The Balaban J connectivity index is 1.86. The molecule has 2 aliphatic heterocycles. The maximum Gasteiger partial charge on any atom is 0.137 e. The standard InChI is InChI=1S/C14H17NO2/c16-9-10-1-3-11(4-2-10)15-12-5-6-13(15)8-14(17)7-12/h1-4,12-13,16H,5-9H2. The van der Waals surface area contributed by atoms with Gasteiger partial charge >= 0.3 is 0 Å². The number of Topliss-reactive ketones (excluding diaryl/α,β-unsaturated/α-hetero) is 1. The Morgan fingerprint density at radius 3 is 2.24 bits per heavy atom. The molecule has 0 aliphatic carbocycles. The molecule has 3 nitrogen and oxygen atoms in total. The van der Waals surface area contributed by atoms with Gasteiger partial charge in [0.2, 0.25) is 0 Å². The number of nitrogens with zero attached hydrogens (tertiary/aromatic N) is 1. The van der Waals surface area contributed by atoms with Crippen LogP contribution in [-0.4, -0.2) is 23.0 Å². The van der Waals surface area contributed by atoms with E-state index in [-0.39, 0.29) is 6.61 Å². The molecule has 0 saturated carbocycles. The molecule has 1 aromatic rings. The van der Waals surface area contributed by atoms with Crippen LogP contribution in [0.15, 0.2) is 24.3 Å². The second kappa shape index (κ2) is 4.15. The minimum atomic E-state index is 0.0889. The van der Waals surface area contributed by atoms with Crippen molar-refractivity contribution in [3.05, 3.63) is 29.8 Å².